The number of carbonyl (C=O) groups excluding carboxylic acids is 4. The Balaban J connectivity index is 1.15. The molecule has 0 aromatic heterocycles. The third kappa shape index (κ3) is 5.80. The largest absolute Gasteiger partial charge is 0.504 e. The van der Waals surface area contributed by atoms with Gasteiger partial charge in [-0.15, -0.1) is 0 Å². The van der Waals surface area contributed by atoms with E-state index in [9.17, 15) is 14.7 Å². The van der Waals surface area contributed by atoms with Crippen LogP contribution in [0.15, 0.2) is 121 Å². The SMILES string of the molecule is COc1cc(C2C3=CCC4C(=O)N(C5CCN(Cc6ccccc6)CC5)C(=O)C4C3CC3C(=O)C(c4ccccc4)=CC(=O)C32c2ccccc2)cc(I)c1O. The zero-order valence-electron chi connectivity index (χ0n) is 31.1. The molecule has 0 bridgehead atoms. The van der Waals surface area contributed by atoms with Crippen molar-refractivity contribution in [1.29, 1.82) is 0 Å². The number of phenols is 1. The number of hydrogen-bond acceptors (Lipinski definition) is 7. The van der Waals surface area contributed by atoms with Gasteiger partial charge in [-0.05, 0) is 94.7 Å². The third-order valence-electron chi connectivity index (χ3n) is 13.2. The molecule has 4 aromatic carbocycles. The lowest BCUT2D eigenvalue weighted by atomic mass is 9.44. The molecule has 56 heavy (non-hydrogen) atoms. The summed E-state index contributed by atoms with van der Waals surface area (Å²) in [5, 5.41) is 11.0. The van der Waals surface area contributed by atoms with Gasteiger partial charge in [-0.25, -0.2) is 0 Å². The summed E-state index contributed by atoms with van der Waals surface area (Å²) in [4.78, 5) is 63.8. The van der Waals surface area contributed by atoms with Crippen molar-refractivity contribution >= 4 is 51.5 Å². The highest BCUT2D eigenvalue weighted by molar-refractivity contribution is 14.1. The predicted molar refractivity (Wildman–Crippen MR) is 221 cm³/mol. The number of likely N-dealkylation sites (tertiary alicyclic amines) is 2. The molecule has 0 spiro atoms. The van der Waals surface area contributed by atoms with Gasteiger partial charge in [0, 0.05) is 43.1 Å². The maximum Gasteiger partial charge on any atom is 0.233 e. The van der Waals surface area contributed by atoms with E-state index in [1.807, 2.05) is 84.9 Å². The van der Waals surface area contributed by atoms with Crippen LogP contribution in [0.25, 0.3) is 5.57 Å². The predicted octanol–water partition coefficient (Wildman–Crippen LogP) is 7.49. The molecular weight excluding hydrogens is 815 g/mol. The smallest absolute Gasteiger partial charge is 0.233 e. The number of halogens is 1. The second-order valence-corrected chi connectivity index (χ2v) is 17.0. The summed E-state index contributed by atoms with van der Waals surface area (Å²) in [6.07, 6.45) is 5.66. The van der Waals surface area contributed by atoms with E-state index in [2.05, 4.69) is 45.7 Å². The van der Waals surface area contributed by atoms with Gasteiger partial charge >= 0.3 is 0 Å². The van der Waals surface area contributed by atoms with Crippen LogP contribution in [0, 0.1) is 27.2 Å². The van der Waals surface area contributed by atoms with Crippen molar-refractivity contribution in [3.05, 3.63) is 147 Å². The van der Waals surface area contributed by atoms with Gasteiger partial charge in [-0.1, -0.05) is 103 Å². The van der Waals surface area contributed by atoms with E-state index in [0.29, 0.717) is 39.5 Å². The number of Topliss-reactive ketones (excluding diaryl/α,β-unsaturated/α-hetero) is 1. The van der Waals surface area contributed by atoms with E-state index >= 15 is 9.59 Å². The Morgan fingerprint density at radius 3 is 2.18 bits per heavy atom. The van der Waals surface area contributed by atoms with E-state index in [-0.39, 0.29) is 47.3 Å². The van der Waals surface area contributed by atoms with Crippen LogP contribution in [0.1, 0.15) is 53.9 Å². The monoisotopic (exact) mass is 858 g/mol. The van der Waals surface area contributed by atoms with E-state index < -0.39 is 35.0 Å². The molecule has 5 aliphatic rings. The highest BCUT2D eigenvalue weighted by atomic mass is 127. The minimum absolute atomic E-state index is 0.00783. The molecule has 1 saturated carbocycles. The van der Waals surface area contributed by atoms with Crippen molar-refractivity contribution in [3.63, 3.8) is 0 Å². The lowest BCUT2D eigenvalue weighted by Crippen LogP contribution is -2.59. The lowest BCUT2D eigenvalue weighted by Gasteiger charge is -2.55. The van der Waals surface area contributed by atoms with Gasteiger partial charge in [-0.2, -0.15) is 0 Å². The van der Waals surface area contributed by atoms with Crippen molar-refractivity contribution in [3.8, 4) is 11.5 Å². The van der Waals surface area contributed by atoms with Crippen molar-refractivity contribution in [2.24, 2.45) is 23.7 Å². The zero-order chi connectivity index (χ0) is 38.7. The maximum atomic E-state index is 15.3. The standard InChI is InChI=1S/C47H43IN2O6/c1-56-39-24-30(23-38(48)44(39)53)42-33-17-18-34-41(46(55)50(45(34)54)32-19-21-49(22-20-32)27-28-11-5-2-6-12-28)36(33)25-37-43(52)35(29-13-7-3-8-14-29)26-40(51)47(37,42)31-15-9-4-10-16-31/h2-17,23-24,26,32,34,36-37,41-42,53H,18-22,25,27H2,1H3. The summed E-state index contributed by atoms with van der Waals surface area (Å²) in [7, 11) is 1.49. The number of fused-ring (bicyclic) bond motifs is 4. The Bertz CT molecular complexity index is 2280. The molecule has 6 unspecified atom stereocenters. The number of carbonyl (C=O) groups is 4. The Hall–Kier alpha value is -4.87. The number of rotatable bonds is 7. The van der Waals surface area contributed by atoms with Gasteiger partial charge in [0.15, 0.2) is 23.1 Å². The number of methoxy groups -OCH3 is 1. The molecule has 8 nitrogen and oxygen atoms in total. The van der Waals surface area contributed by atoms with Crippen LogP contribution in [0.2, 0.25) is 0 Å². The van der Waals surface area contributed by atoms with Crippen LogP contribution in [-0.2, 0) is 31.1 Å². The number of ether oxygens (including phenoxy) is 1. The molecule has 3 aliphatic carbocycles. The second-order valence-electron chi connectivity index (χ2n) is 15.9. The highest BCUT2D eigenvalue weighted by Gasteiger charge is 2.66. The number of benzene rings is 4. The van der Waals surface area contributed by atoms with Crippen LogP contribution in [-0.4, -0.2) is 64.5 Å². The first kappa shape index (κ1) is 36.7. The number of aromatic hydroxyl groups is 1. The number of piperidine rings is 1. The number of ketones is 2. The Kier molecular flexibility index (Phi) is 9.56. The Morgan fingerprint density at radius 1 is 0.839 bits per heavy atom. The summed E-state index contributed by atoms with van der Waals surface area (Å²) in [6.45, 7) is 2.40. The van der Waals surface area contributed by atoms with Gasteiger partial charge in [0.25, 0.3) is 0 Å². The molecule has 2 amide bonds. The molecule has 0 radical (unpaired) electrons. The summed E-state index contributed by atoms with van der Waals surface area (Å²) in [6, 6.07) is 32.6. The number of amides is 2. The highest BCUT2D eigenvalue weighted by Crippen LogP contribution is 2.64. The first-order chi connectivity index (χ1) is 27.2. The number of phenolic OH excluding ortho intramolecular Hbond substituents is 1. The van der Waals surface area contributed by atoms with Crippen LogP contribution in [0.5, 0.6) is 11.5 Å². The number of nitrogens with zero attached hydrogens (tertiary/aromatic N) is 2. The lowest BCUT2D eigenvalue weighted by molar-refractivity contribution is -0.144. The van der Waals surface area contributed by atoms with E-state index in [4.69, 9.17) is 4.74 Å². The average molecular weight is 859 g/mol. The van der Waals surface area contributed by atoms with Gasteiger partial charge in [-0.3, -0.25) is 29.0 Å². The van der Waals surface area contributed by atoms with Crippen LogP contribution in [0.3, 0.4) is 0 Å². The van der Waals surface area contributed by atoms with Gasteiger partial charge in [0.2, 0.25) is 11.8 Å². The molecule has 2 saturated heterocycles. The van der Waals surface area contributed by atoms with E-state index in [0.717, 1.165) is 30.8 Å². The molecular formula is C47H43IN2O6. The molecule has 2 heterocycles. The Morgan fingerprint density at radius 2 is 1.50 bits per heavy atom. The fraction of sp³-hybridized carbons (Fsp3) is 0.319. The van der Waals surface area contributed by atoms with E-state index in [1.54, 1.807) is 11.0 Å². The van der Waals surface area contributed by atoms with Crippen molar-refractivity contribution in [2.75, 3.05) is 20.2 Å². The van der Waals surface area contributed by atoms with Gasteiger partial charge < -0.3 is 9.84 Å². The van der Waals surface area contributed by atoms with E-state index in [1.165, 1.54) is 18.7 Å². The molecule has 3 fully saturated rings. The quantitative estimate of drug-likeness (QED) is 0.117. The molecule has 4 aromatic rings. The zero-order valence-corrected chi connectivity index (χ0v) is 33.3. The molecule has 9 rings (SSSR count). The normalized spacial score (nSPS) is 28.0. The van der Waals surface area contributed by atoms with Crippen LogP contribution in [0.4, 0.5) is 0 Å². The summed E-state index contributed by atoms with van der Waals surface area (Å²) < 4.78 is 6.21. The number of allylic oxidation sites excluding steroid dienone is 4. The molecule has 9 heteroatoms. The molecule has 6 atom stereocenters. The van der Waals surface area contributed by atoms with Gasteiger partial charge in [0.1, 0.15) is 0 Å². The molecule has 1 N–H and O–H groups in total. The van der Waals surface area contributed by atoms with Crippen LogP contribution < -0.4 is 4.74 Å². The van der Waals surface area contributed by atoms with Crippen molar-refractivity contribution in [1.82, 2.24) is 9.80 Å². The Labute approximate surface area is 340 Å². The van der Waals surface area contributed by atoms with Crippen molar-refractivity contribution < 1.29 is 29.0 Å². The second kappa shape index (κ2) is 14.6. The van der Waals surface area contributed by atoms with Crippen molar-refractivity contribution in [2.45, 2.75) is 49.6 Å². The molecule has 2 aliphatic heterocycles. The fourth-order valence-electron chi connectivity index (χ4n) is 10.7. The first-order valence-electron chi connectivity index (χ1n) is 19.5. The minimum atomic E-state index is -1.35. The third-order valence-corrected chi connectivity index (χ3v) is 14.0. The molecule has 284 valence electrons. The fourth-order valence-corrected chi connectivity index (χ4v) is 11.4. The average Bonchev–Trinajstić information content (AvgIpc) is 3.49. The topological polar surface area (TPSA) is 104 Å². The summed E-state index contributed by atoms with van der Waals surface area (Å²) in [5.41, 5.74) is 3.25. The number of imide groups is 1. The van der Waals surface area contributed by atoms with Gasteiger partial charge in [0.05, 0.1) is 27.9 Å². The number of hydrogen-bond donors (Lipinski definition) is 1. The maximum absolute atomic E-state index is 15.3. The minimum Gasteiger partial charge on any atom is -0.504 e. The van der Waals surface area contributed by atoms with Crippen LogP contribution >= 0.6 is 22.6 Å². The summed E-state index contributed by atoms with van der Waals surface area (Å²) in [5.74, 6) is -3.50. The summed E-state index contributed by atoms with van der Waals surface area (Å²) >= 11 is 2.07. The first-order valence-corrected chi connectivity index (χ1v) is 20.6.